The van der Waals surface area contributed by atoms with Crippen LogP contribution >= 0.6 is 0 Å². The molecular weight excluding hydrogens is 250 g/mol. The monoisotopic (exact) mass is 267 g/mol. The highest BCUT2D eigenvalue weighted by Gasteiger charge is 2.13. The average Bonchev–Trinajstić information content (AvgIpc) is 2.47. The fraction of sp³-hybridized carbons (Fsp3) is 0.188. The third-order valence-electron chi connectivity index (χ3n) is 3.22. The van der Waals surface area contributed by atoms with Gasteiger partial charge in [-0.05, 0) is 42.8 Å². The Labute approximate surface area is 119 Å². The Morgan fingerprint density at radius 3 is 2.55 bits per heavy atom. The third-order valence-corrected chi connectivity index (χ3v) is 3.22. The first-order valence-corrected chi connectivity index (χ1v) is 6.25. The number of rotatable bonds is 3. The molecule has 0 fully saturated rings. The van der Waals surface area contributed by atoms with Crippen LogP contribution in [0.2, 0.25) is 0 Å². The van der Waals surface area contributed by atoms with Crippen LogP contribution in [-0.2, 0) is 0 Å². The van der Waals surface area contributed by atoms with Crippen LogP contribution in [0.25, 0.3) is 0 Å². The predicted octanol–water partition coefficient (Wildman–Crippen LogP) is 3.23. The van der Waals surface area contributed by atoms with Crippen LogP contribution in [0.15, 0.2) is 36.4 Å². The zero-order valence-electron chi connectivity index (χ0n) is 11.8. The summed E-state index contributed by atoms with van der Waals surface area (Å²) in [5.74, 6) is 0.764. The second-order valence-corrected chi connectivity index (χ2v) is 4.62. The highest BCUT2D eigenvalue weighted by molar-refractivity contribution is 5.78. The lowest BCUT2D eigenvalue weighted by molar-refractivity contribution is 0.415. The van der Waals surface area contributed by atoms with E-state index >= 15 is 0 Å². The van der Waals surface area contributed by atoms with Crippen molar-refractivity contribution in [2.45, 2.75) is 6.92 Å². The molecule has 2 rings (SSSR count). The zero-order chi connectivity index (χ0) is 14.7. The van der Waals surface area contributed by atoms with Gasteiger partial charge in [0.2, 0.25) is 0 Å². The van der Waals surface area contributed by atoms with Crippen molar-refractivity contribution in [3.8, 4) is 11.8 Å². The highest BCUT2D eigenvalue weighted by Crippen LogP contribution is 2.36. The minimum absolute atomic E-state index is 0.577. The second kappa shape index (κ2) is 5.54. The lowest BCUT2D eigenvalue weighted by Crippen LogP contribution is -2.13. The molecule has 102 valence electrons. The fourth-order valence-corrected chi connectivity index (χ4v) is 2.10. The van der Waals surface area contributed by atoms with Gasteiger partial charge in [0.15, 0.2) is 0 Å². The van der Waals surface area contributed by atoms with Crippen molar-refractivity contribution in [2.75, 3.05) is 24.8 Å². The number of hydrogen-bond acceptors (Lipinski definition) is 4. The normalized spacial score (nSPS) is 9.90. The van der Waals surface area contributed by atoms with Gasteiger partial charge in [-0.2, -0.15) is 5.26 Å². The summed E-state index contributed by atoms with van der Waals surface area (Å²) in [6.45, 7) is 2.02. The van der Waals surface area contributed by atoms with Crippen LogP contribution in [0.5, 0.6) is 5.75 Å². The number of benzene rings is 2. The van der Waals surface area contributed by atoms with Gasteiger partial charge in [-0.25, -0.2) is 0 Å². The van der Waals surface area contributed by atoms with E-state index in [1.165, 1.54) is 0 Å². The first kappa shape index (κ1) is 13.8. The maximum Gasteiger partial charge on any atom is 0.142 e. The van der Waals surface area contributed by atoms with Crippen molar-refractivity contribution < 1.29 is 4.74 Å². The van der Waals surface area contributed by atoms with Gasteiger partial charge in [0.05, 0.1) is 35.8 Å². The van der Waals surface area contributed by atoms with Gasteiger partial charge in [0.25, 0.3) is 0 Å². The number of nitriles is 1. The lowest BCUT2D eigenvalue weighted by atomic mass is 10.1. The van der Waals surface area contributed by atoms with Crippen LogP contribution < -0.4 is 15.4 Å². The SMILES string of the molecule is COc1ccc(C)cc1N(C)c1cc(C#N)ccc1N. The fourth-order valence-electron chi connectivity index (χ4n) is 2.10. The minimum atomic E-state index is 0.577. The largest absolute Gasteiger partial charge is 0.495 e. The number of hydrogen-bond donors (Lipinski definition) is 1. The Morgan fingerprint density at radius 2 is 1.90 bits per heavy atom. The van der Waals surface area contributed by atoms with E-state index in [1.807, 2.05) is 37.1 Å². The Kier molecular flexibility index (Phi) is 3.81. The van der Waals surface area contributed by atoms with Crippen molar-refractivity contribution in [3.63, 3.8) is 0 Å². The number of methoxy groups -OCH3 is 1. The molecule has 2 aromatic rings. The Hall–Kier alpha value is -2.67. The van der Waals surface area contributed by atoms with Crippen LogP contribution in [0.1, 0.15) is 11.1 Å². The number of aryl methyl sites for hydroxylation is 1. The molecule has 0 amide bonds. The van der Waals surface area contributed by atoms with Crippen molar-refractivity contribution in [1.82, 2.24) is 0 Å². The molecule has 20 heavy (non-hydrogen) atoms. The van der Waals surface area contributed by atoms with Gasteiger partial charge in [0, 0.05) is 7.05 Å². The van der Waals surface area contributed by atoms with E-state index in [4.69, 9.17) is 15.7 Å². The summed E-state index contributed by atoms with van der Waals surface area (Å²) in [7, 11) is 3.54. The Balaban J connectivity index is 2.54. The van der Waals surface area contributed by atoms with Crippen molar-refractivity contribution in [1.29, 1.82) is 5.26 Å². The minimum Gasteiger partial charge on any atom is -0.495 e. The summed E-state index contributed by atoms with van der Waals surface area (Å²) >= 11 is 0. The van der Waals surface area contributed by atoms with E-state index in [0.717, 1.165) is 22.7 Å². The first-order valence-electron chi connectivity index (χ1n) is 6.25. The van der Waals surface area contributed by atoms with Gasteiger partial charge in [-0.1, -0.05) is 6.07 Å². The predicted molar refractivity (Wildman–Crippen MR) is 81.4 cm³/mol. The number of nitrogen functional groups attached to an aromatic ring is 1. The van der Waals surface area contributed by atoms with Crippen LogP contribution in [0, 0.1) is 18.3 Å². The molecule has 0 aliphatic heterocycles. The Bertz CT molecular complexity index is 672. The molecule has 0 heterocycles. The molecular formula is C16H17N3O. The van der Waals surface area contributed by atoms with Crippen LogP contribution in [0.3, 0.4) is 0 Å². The summed E-state index contributed by atoms with van der Waals surface area (Å²) in [4.78, 5) is 1.93. The number of nitrogens with zero attached hydrogens (tertiary/aromatic N) is 2. The molecule has 2 aromatic carbocycles. The zero-order valence-corrected chi connectivity index (χ0v) is 11.8. The molecule has 4 heteroatoms. The van der Waals surface area contributed by atoms with E-state index in [1.54, 1.807) is 25.3 Å². The van der Waals surface area contributed by atoms with E-state index in [-0.39, 0.29) is 0 Å². The summed E-state index contributed by atoms with van der Waals surface area (Å²) in [5, 5.41) is 9.02. The van der Waals surface area contributed by atoms with E-state index in [9.17, 15) is 0 Å². The van der Waals surface area contributed by atoms with Gasteiger partial charge >= 0.3 is 0 Å². The van der Waals surface area contributed by atoms with E-state index in [2.05, 4.69) is 6.07 Å². The molecule has 0 spiro atoms. The second-order valence-electron chi connectivity index (χ2n) is 4.62. The van der Waals surface area contributed by atoms with Crippen molar-refractivity contribution in [3.05, 3.63) is 47.5 Å². The average molecular weight is 267 g/mol. The number of nitrogens with two attached hydrogens (primary N) is 1. The van der Waals surface area contributed by atoms with Crippen LogP contribution in [-0.4, -0.2) is 14.2 Å². The molecule has 0 saturated heterocycles. The molecule has 0 radical (unpaired) electrons. The molecule has 2 N–H and O–H groups in total. The lowest BCUT2D eigenvalue weighted by Gasteiger charge is -2.24. The quantitative estimate of drug-likeness (QED) is 0.867. The topological polar surface area (TPSA) is 62.3 Å². The third kappa shape index (κ3) is 2.52. The van der Waals surface area contributed by atoms with Crippen LogP contribution in [0.4, 0.5) is 17.1 Å². The molecule has 0 atom stereocenters. The summed E-state index contributed by atoms with van der Waals surface area (Å²) in [5.41, 5.74) is 10.0. The molecule has 0 bridgehead atoms. The van der Waals surface area contributed by atoms with Gasteiger partial charge in [-0.15, -0.1) is 0 Å². The molecule has 0 aliphatic rings. The Morgan fingerprint density at radius 1 is 1.15 bits per heavy atom. The maximum atomic E-state index is 9.02. The maximum absolute atomic E-state index is 9.02. The molecule has 0 saturated carbocycles. The van der Waals surface area contributed by atoms with Gasteiger partial charge < -0.3 is 15.4 Å². The summed E-state index contributed by atoms with van der Waals surface area (Å²) < 4.78 is 5.39. The molecule has 4 nitrogen and oxygen atoms in total. The molecule has 0 aliphatic carbocycles. The number of ether oxygens (including phenoxy) is 1. The standard InChI is InChI=1S/C16H17N3O/c1-11-4-7-16(20-3)15(8-11)19(2)14-9-12(10-17)5-6-13(14)18/h4-9H,18H2,1-3H3. The van der Waals surface area contributed by atoms with E-state index < -0.39 is 0 Å². The summed E-state index contributed by atoms with van der Waals surface area (Å²) in [6, 6.07) is 13.3. The van der Waals surface area contributed by atoms with Gasteiger partial charge in [0.1, 0.15) is 5.75 Å². The highest BCUT2D eigenvalue weighted by atomic mass is 16.5. The van der Waals surface area contributed by atoms with Gasteiger partial charge in [-0.3, -0.25) is 0 Å². The molecule has 0 aromatic heterocycles. The smallest absolute Gasteiger partial charge is 0.142 e. The molecule has 0 unspecified atom stereocenters. The summed E-state index contributed by atoms with van der Waals surface area (Å²) in [6.07, 6.45) is 0. The number of anilines is 3. The first-order chi connectivity index (χ1) is 9.56. The van der Waals surface area contributed by atoms with E-state index in [0.29, 0.717) is 11.3 Å². The van der Waals surface area contributed by atoms with Crippen molar-refractivity contribution >= 4 is 17.1 Å². The van der Waals surface area contributed by atoms with Crippen molar-refractivity contribution in [2.24, 2.45) is 0 Å².